The lowest BCUT2D eigenvalue weighted by atomic mass is 10.2. The van der Waals surface area contributed by atoms with Crippen LogP contribution in [-0.2, 0) is 11.3 Å². The van der Waals surface area contributed by atoms with Gasteiger partial charge in [0.2, 0.25) is 5.91 Å². The van der Waals surface area contributed by atoms with Crippen molar-refractivity contribution in [3.8, 4) is 5.75 Å². The molecule has 1 aromatic carbocycles. The molecule has 0 saturated carbocycles. The normalized spacial score (nSPS) is 11.9. The first-order valence-electron chi connectivity index (χ1n) is 6.85. The second-order valence-electron chi connectivity index (χ2n) is 4.89. The standard InChI is InChI=1S/C16H20N2O2S/c1-12(17-10-13-7-8-21-11-13)9-16(19)18-14-3-5-15(20-2)6-4-14/h3-8,11-12,17H,9-10H2,1-2H3,(H,18,19)/t12-/m1/s1. The van der Waals surface area contributed by atoms with Crippen LogP contribution in [0.15, 0.2) is 41.1 Å². The molecule has 2 rings (SSSR count). The molecule has 1 heterocycles. The molecule has 0 spiro atoms. The maximum atomic E-state index is 12.0. The maximum Gasteiger partial charge on any atom is 0.225 e. The number of benzene rings is 1. The number of ether oxygens (including phenoxy) is 1. The van der Waals surface area contributed by atoms with Crippen LogP contribution in [0.3, 0.4) is 0 Å². The van der Waals surface area contributed by atoms with Crippen molar-refractivity contribution in [2.45, 2.75) is 25.9 Å². The van der Waals surface area contributed by atoms with Crippen molar-refractivity contribution < 1.29 is 9.53 Å². The van der Waals surface area contributed by atoms with Gasteiger partial charge in [-0.05, 0) is 53.6 Å². The fourth-order valence-corrected chi connectivity index (χ4v) is 2.59. The molecule has 0 radical (unpaired) electrons. The highest BCUT2D eigenvalue weighted by Crippen LogP contribution is 2.15. The van der Waals surface area contributed by atoms with Gasteiger partial charge in [-0.1, -0.05) is 0 Å². The number of carbonyl (C=O) groups is 1. The van der Waals surface area contributed by atoms with Crippen LogP contribution >= 0.6 is 11.3 Å². The Hall–Kier alpha value is -1.85. The first kappa shape index (κ1) is 15.5. The van der Waals surface area contributed by atoms with E-state index in [0.29, 0.717) is 6.42 Å². The number of hydrogen-bond acceptors (Lipinski definition) is 4. The van der Waals surface area contributed by atoms with Crippen molar-refractivity contribution in [3.05, 3.63) is 46.7 Å². The highest BCUT2D eigenvalue weighted by atomic mass is 32.1. The molecule has 1 amide bonds. The Labute approximate surface area is 129 Å². The van der Waals surface area contributed by atoms with Crippen molar-refractivity contribution in [2.75, 3.05) is 12.4 Å². The van der Waals surface area contributed by atoms with Gasteiger partial charge in [0.25, 0.3) is 0 Å². The summed E-state index contributed by atoms with van der Waals surface area (Å²) in [4.78, 5) is 12.0. The topological polar surface area (TPSA) is 50.4 Å². The summed E-state index contributed by atoms with van der Waals surface area (Å²) in [6, 6.07) is 9.53. The molecule has 1 atom stereocenters. The van der Waals surface area contributed by atoms with Crippen LogP contribution in [0.5, 0.6) is 5.75 Å². The minimum Gasteiger partial charge on any atom is -0.497 e. The third-order valence-corrected chi connectivity index (χ3v) is 3.83. The summed E-state index contributed by atoms with van der Waals surface area (Å²) in [5.74, 6) is 0.782. The molecule has 112 valence electrons. The third kappa shape index (κ3) is 5.21. The number of rotatable bonds is 7. The minimum absolute atomic E-state index is 0.00508. The van der Waals surface area contributed by atoms with E-state index in [0.717, 1.165) is 18.0 Å². The Kier molecular flexibility index (Phi) is 5.78. The molecule has 0 fully saturated rings. The fraction of sp³-hybridized carbons (Fsp3) is 0.312. The molecule has 0 aliphatic carbocycles. The molecule has 0 bridgehead atoms. The van der Waals surface area contributed by atoms with Crippen LogP contribution in [0, 0.1) is 0 Å². The predicted octanol–water partition coefficient (Wildman–Crippen LogP) is 3.26. The summed E-state index contributed by atoms with van der Waals surface area (Å²) in [5.41, 5.74) is 2.04. The molecule has 21 heavy (non-hydrogen) atoms. The number of anilines is 1. The van der Waals surface area contributed by atoms with Gasteiger partial charge < -0.3 is 15.4 Å². The molecule has 2 N–H and O–H groups in total. The molecule has 5 heteroatoms. The molecular formula is C16H20N2O2S. The average molecular weight is 304 g/mol. The Bertz CT molecular complexity index is 552. The lowest BCUT2D eigenvalue weighted by Gasteiger charge is -2.13. The fourth-order valence-electron chi connectivity index (χ4n) is 1.92. The van der Waals surface area contributed by atoms with Crippen molar-refractivity contribution in [3.63, 3.8) is 0 Å². The quantitative estimate of drug-likeness (QED) is 0.825. The van der Waals surface area contributed by atoms with Crippen molar-refractivity contribution in [2.24, 2.45) is 0 Å². The van der Waals surface area contributed by atoms with Gasteiger partial charge in [-0.2, -0.15) is 11.3 Å². The van der Waals surface area contributed by atoms with E-state index in [2.05, 4.69) is 27.5 Å². The van der Waals surface area contributed by atoms with Crippen LogP contribution in [-0.4, -0.2) is 19.1 Å². The summed E-state index contributed by atoms with van der Waals surface area (Å²) < 4.78 is 5.08. The zero-order chi connectivity index (χ0) is 15.1. The van der Waals surface area contributed by atoms with Gasteiger partial charge in [-0.15, -0.1) is 0 Å². The first-order valence-corrected chi connectivity index (χ1v) is 7.80. The molecule has 0 saturated heterocycles. The molecule has 1 aromatic heterocycles. The van der Waals surface area contributed by atoms with E-state index in [1.165, 1.54) is 5.56 Å². The van der Waals surface area contributed by atoms with Crippen molar-refractivity contribution >= 4 is 22.9 Å². The second kappa shape index (κ2) is 7.81. The number of nitrogens with one attached hydrogen (secondary N) is 2. The Balaban J connectivity index is 1.75. The van der Waals surface area contributed by atoms with Crippen LogP contribution in [0.1, 0.15) is 18.9 Å². The summed E-state index contributed by atoms with van der Waals surface area (Å²) in [7, 11) is 1.62. The molecule has 0 aliphatic heterocycles. The van der Waals surface area contributed by atoms with E-state index in [4.69, 9.17) is 4.74 Å². The summed E-state index contributed by atoms with van der Waals surface area (Å²) >= 11 is 1.68. The van der Waals surface area contributed by atoms with Crippen molar-refractivity contribution in [1.82, 2.24) is 5.32 Å². The van der Waals surface area contributed by atoms with E-state index in [-0.39, 0.29) is 11.9 Å². The summed E-state index contributed by atoms with van der Waals surface area (Å²) in [6.07, 6.45) is 0.441. The van der Waals surface area contributed by atoms with Gasteiger partial charge in [0.1, 0.15) is 5.75 Å². The van der Waals surface area contributed by atoms with Gasteiger partial charge >= 0.3 is 0 Å². The van der Waals surface area contributed by atoms with E-state index in [1.807, 2.05) is 31.2 Å². The number of carbonyl (C=O) groups excluding carboxylic acids is 1. The third-order valence-electron chi connectivity index (χ3n) is 3.10. The Morgan fingerprint density at radius 1 is 1.29 bits per heavy atom. The van der Waals surface area contributed by atoms with Crippen LogP contribution < -0.4 is 15.4 Å². The minimum atomic E-state index is 0.00508. The van der Waals surface area contributed by atoms with Crippen molar-refractivity contribution in [1.29, 1.82) is 0 Å². The molecule has 4 nitrogen and oxygen atoms in total. The number of amides is 1. The van der Waals surface area contributed by atoms with Gasteiger partial charge in [0, 0.05) is 24.7 Å². The smallest absolute Gasteiger partial charge is 0.225 e. The Morgan fingerprint density at radius 2 is 2.05 bits per heavy atom. The van der Waals surface area contributed by atoms with E-state index in [1.54, 1.807) is 18.4 Å². The van der Waals surface area contributed by atoms with E-state index >= 15 is 0 Å². The lowest BCUT2D eigenvalue weighted by Crippen LogP contribution is -2.30. The maximum absolute atomic E-state index is 12.0. The van der Waals surface area contributed by atoms with Crippen LogP contribution in [0.25, 0.3) is 0 Å². The SMILES string of the molecule is COc1ccc(NC(=O)C[C@@H](C)NCc2ccsc2)cc1. The molecule has 2 aromatic rings. The highest BCUT2D eigenvalue weighted by Gasteiger charge is 2.09. The number of methoxy groups -OCH3 is 1. The predicted molar refractivity (Wildman–Crippen MR) is 86.9 cm³/mol. The van der Waals surface area contributed by atoms with Gasteiger partial charge in [-0.3, -0.25) is 4.79 Å². The summed E-state index contributed by atoms with van der Waals surface area (Å²) in [6.45, 7) is 2.81. The molecule has 0 unspecified atom stereocenters. The number of thiophene rings is 1. The first-order chi connectivity index (χ1) is 10.2. The highest BCUT2D eigenvalue weighted by molar-refractivity contribution is 7.07. The van der Waals surface area contributed by atoms with Crippen LogP contribution in [0.4, 0.5) is 5.69 Å². The second-order valence-corrected chi connectivity index (χ2v) is 5.67. The zero-order valence-electron chi connectivity index (χ0n) is 12.3. The largest absolute Gasteiger partial charge is 0.497 e. The summed E-state index contributed by atoms with van der Waals surface area (Å²) in [5, 5.41) is 10.4. The molecule has 0 aliphatic rings. The van der Waals surface area contributed by atoms with E-state index < -0.39 is 0 Å². The van der Waals surface area contributed by atoms with Gasteiger partial charge in [0.05, 0.1) is 7.11 Å². The lowest BCUT2D eigenvalue weighted by molar-refractivity contribution is -0.116. The van der Waals surface area contributed by atoms with Gasteiger partial charge in [0.15, 0.2) is 0 Å². The van der Waals surface area contributed by atoms with Gasteiger partial charge in [-0.25, -0.2) is 0 Å². The van der Waals surface area contributed by atoms with Crippen LogP contribution in [0.2, 0.25) is 0 Å². The number of hydrogen-bond donors (Lipinski definition) is 2. The van der Waals surface area contributed by atoms with E-state index in [9.17, 15) is 4.79 Å². The average Bonchev–Trinajstić information content (AvgIpc) is 2.99. The monoisotopic (exact) mass is 304 g/mol. The Morgan fingerprint density at radius 3 is 2.67 bits per heavy atom. The molecular weight excluding hydrogens is 284 g/mol. The zero-order valence-corrected chi connectivity index (χ0v) is 13.1.